The third-order valence-electron chi connectivity index (χ3n) is 3.90. The highest BCUT2D eigenvalue weighted by Crippen LogP contribution is 2.15. The molecule has 0 spiro atoms. The molecule has 0 saturated heterocycles. The fourth-order valence-corrected chi connectivity index (χ4v) is 2.42. The summed E-state index contributed by atoms with van der Waals surface area (Å²) < 4.78 is 27.3. The molecule has 30 heavy (non-hydrogen) atoms. The lowest BCUT2D eigenvalue weighted by atomic mass is 10.1. The van der Waals surface area contributed by atoms with Crippen LogP contribution in [-0.2, 0) is 6.42 Å². The number of nitrogens with one attached hydrogen (secondary N) is 1. The number of halogens is 2. The number of aryl methyl sites for hydroxylation is 1. The summed E-state index contributed by atoms with van der Waals surface area (Å²) in [7, 11) is 0. The molecule has 2 heterocycles. The third kappa shape index (κ3) is 5.42. The summed E-state index contributed by atoms with van der Waals surface area (Å²) in [5, 5.41) is 14.9. The van der Waals surface area contributed by atoms with Crippen LogP contribution in [0.15, 0.2) is 60.0 Å². The number of nitrogens with zero attached hydrogens (tertiary/aromatic N) is 4. The Hall–Kier alpha value is -4.19. The first-order valence-electron chi connectivity index (χ1n) is 8.82. The average molecular weight is 407 g/mol. The summed E-state index contributed by atoms with van der Waals surface area (Å²) in [5.74, 6) is -2.20. The Labute approximate surface area is 170 Å². The minimum atomic E-state index is -0.942. The molecule has 0 bridgehead atoms. The smallest absolute Gasteiger partial charge is 0.262 e. The number of amides is 1. The predicted molar refractivity (Wildman–Crippen MR) is 105 cm³/mol. The molecule has 1 amide bonds. The number of hydrogen-bond acceptors (Lipinski definition) is 6. The number of anilines is 1. The minimum absolute atomic E-state index is 0.178. The van der Waals surface area contributed by atoms with E-state index in [4.69, 9.17) is 10.1 Å². The first-order chi connectivity index (χ1) is 14.6. The maximum Gasteiger partial charge on any atom is 0.262 e. The molecule has 1 N–H and O–H groups in total. The molecule has 0 aliphatic heterocycles. The van der Waals surface area contributed by atoms with Crippen molar-refractivity contribution in [2.24, 2.45) is 5.16 Å². The van der Waals surface area contributed by atoms with Gasteiger partial charge in [0.15, 0.2) is 5.75 Å². The van der Waals surface area contributed by atoms with Crippen molar-refractivity contribution in [3.63, 3.8) is 0 Å². The second-order valence-electron chi connectivity index (χ2n) is 6.01. The molecule has 0 fully saturated rings. The van der Waals surface area contributed by atoms with Gasteiger partial charge in [0.05, 0.1) is 6.20 Å². The zero-order valence-electron chi connectivity index (χ0n) is 15.5. The van der Waals surface area contributed by atoms with Crippen LogP contribution in [0.5, 0.6) is 5.75 Å². The van der Waals surface area contributed by atoms with Gasteiger partial charge in [-0.2, -0.15) is 5.26 Å². The average Bonchev–Trinajstić information content (AvgIpc) is 2.75. The number of benzene rings is 1. The number of pyridine rings is 2. The number of carbonyl (C=O) groups is 1. The van der Waals surface area contributed by atoms with Gasteiger partial charge in [-0.3, -0.25) is 4.79 Å². The van der Waals surface area contributed by atoms with Crippen LogP contribution in [0.3, 0.4) is 0 Å². The highest BCUT2D eigenvalue weighted by atomic mass is 19.1. The Morgan fingerprint density at radius 3 is 2.57 bits per heavy atom. The van der Waals surface area contributed by atoms with Gasteiger partial charge in [-0.1, -0.05) is 17.3 Å². The number of rotatable bonds is 7. The molecular weight excluding hydrogens is 392 g/mol. The van der Waals surface area contributed by atoms with Gasteiger partial charge in [-0.05, 0) is 48.7 Å². The molecule has 1 aromatic carbocycles. The molecule has 9 heteroatoms. The topological polar surface area (TPSA) is 100 Å². The largest absolute Gasteiger partial charge is 0.356 e. The number of carbonyl (C=O) groups excluding carboxylic acids is 1. The maximum atomic E-state index is 13.7. The summed E-state index contributed by atoms with van der Waals surface area (Å²) >= 11 is 0. The lowest BCUT2D eigenvalue weighted by molar-refractivity contribution is 0.101. The summed E-state index contributed by atoms with van der Waals surface area (Å²) in [6, 6.07) is 11.5. The standard InChI is InChI=1S/C21H15F2N5O2/c22-17-4-1-5-18(23)20(17)21(29)28-19-9-6-14(12-26-19)3-2-10-27-30-16-8-7-15(11-24)25-13-16/h1,4-10,12-13H,2-3H2,(H,26,28,29)/b27-10+. The molecule has 3 aromatic rings. The van der Waals surface area contributed by atoms with Crippen molar-refractivity contribution in [2.75, 3.05) is 5.32 Å². The van der Waals surface area contributed by atoms with Gasteiger partial charge >= 0.3 is 0 Å². The van der Waals surface area contributed by atoms with E-state index in [2.05, 4.69) is 20.4 Å². The Morgan fingerprint density at radius 1 is 1.13 bits per heavy atom. The Bertz CT molecular complexity index is 1070. The Balaban J connectivity index is 1.48. The first-order valence-corrected chi connectivity index (χ1v) is 8.82. The second kappa shape index (κ2) is 9.84. The summed E-state index contributed by atoms with van der Waals surface area (Å²) in [6.07, 6.45) is 5.71. The molecular formula is C21H15F2N5O2. The van der Waals surface area contributed by atoms with E-state index < -0.39 is 23.1 Å². The molecule has 150 valence electrons. The van der Waals surface area contributed by atoms with E-state index in [0.717, 1.165) is 17.7 Å². The van der Waals surface area contributed by atoms with Crippen LogP contribution in [0.1, 0.15) is 28.0 Å². The summed E-state index contributed by atoms with van der Waals surface area (Å²) in [6.45, 7) is 0. The van der Waals surface area contributed by atoms with Crippen LogP contribution >= 0.6 is 0 Å². The van der Waals surface area contributed by atoms with Crippen molar-refractivity contribution in [2.45, 2.75) is 12.8 Å². The normalized spacial score (nSPS) is 10.6. The molecule has 3 rings (SSSR count). The van der Waals surface area contributed by atoms with E-state index in [9.17, 15) is 13.6 Å². The van der Waals surface area contributed by atoms with Crippen molar-refractivity contribution in [3.05, 3.63) is 83.3 Å². The van der Waals surface area contributed by atoms with Crippen LogP contribution in [0.25, 0.3) is 0 Å². The SMILES string of the molecule is N#Cc1ccc(O/N=C/CCc2ccc(NC(=O)c3c(F)cccc3F)nc2)cn1. The number of oxime groups is 1. The summed E-state index contributed by atoms with van der Waals surface area (Å²) in [5.41, 5.74) is 0.506. The van der Waals surface area contributed by atoms with E-state index in [-0.39, 0.29) is 11.5 Å². The highest BCUT2D eigenvalue weighted by Gasteiger charge is 2.17. The third-order valence-corrected chi connectivity index (χ3v) is 3.90. The quantitative estimate of drug-likeness (QED) is 0.473. The molecule has 0 aliphatic carbocycles. The van der Waals surface area contributed by atoms with E-state index >= 15 is 0 Å². The molecule has 0 aliphatic rings. The lowest BCUT2D eigenvalue weighted by Gasteiger charge is -2.07. The van der Waals surface area contributed by atoms with Gasteiger partial charge in [-0.15, -0.1) is 0 Å². The fraction of sp³-hybridized carbons (Fsp3) is 0.0952. The van der Waals surface area contributed by atoms with Gasteiger partial charge < -0.3 is 10.2 Å². The highest BCUT2D eigenvalue weighted by molar-refractivity contribution is 6.04. The zero-order chi connectivity index (χ0) is 21.3. The Kier molecular flexibility index (Phi) is 6.74. The van der Waals surface area contributed by atoms with Gasteiger partial charge in [0, 0.05) is 12.4 Å². The number of aromatic nitrogens is 2. The minimum Gasteiger partial charge on any atom is -0.356 e. The first kappa shape index (κ1) is 20.5. The number of hydrogen-bond donors (Lipinski definition) is 1. The predicted octanol–water partition coefficient (Wildman–Crippen LogP) is 3.88. The molecule has 0 unspecified atom stereocenters. The Morgan fingerprint density at radius 2 is 1.93 bits per heavy atom. The van der Waals surface area contributed by atoms with E-state index in [1.54, 1.807) is 30.6 Å². The van der Waals surface area contributed by atoms with E-state index in [1.807, 2.05) is 6.07 Å². The van der Waals surface area contributed by atoms with Crippen LogP contribution in [0.4, 0.5) is 14.6 Å². The zero-order valence-corrected chi connectivity index (χ0v) is 15.5. The summed E-state index contributed by atoms with van der Waals surface area (Å²) in [4.78, 5) is 25.1. The van der Waals surface area contributed by atoms with Crippen molar-refractivity contribution in [1.82, 2.24) is 9.97 Å². The number of nitriles is 1. The van der Waals surface area contributed by atoms with Crippen molar-refractivity contribution >= 4 is 17.9 Å². The molecule has 0 radical (unpaired) electrons. The second-order valence-corrected chi connectivity index (χ2v) is 6.01. The van der Waals surface area contributed by atoms with Crippen LogP contribution < -0.4 is 10.2 Å². The maximum absolute atomic E-state index is 13.7. The van der Waals surface area contributed by atoms with Crippen LogP contribution in [0, 0.1) is 23.0 Å². The van der Waals surface area contributed by atoms with Crippen molar-refractivity contribution in [3.8, 4) is 11.8 Å². The van der Waals surface area contributed by atoms with Gasteiger partial charge in [0.25, 0.3) is 5.91 Å². The van der Waals surface area contributed by atoms with Gasteiger partial charge in [0.2, 0.25) is 0 Å². The molecule has 0 atom stereocenters. The monoisotopic (exact) mass is 407 g/mol. The van der Waals surface area contributed by atoms with Crippen LogP contribution in [-0.4, -0.2) is 22.1 Å². The lowest BCUT2D eigenvalue weighted by Crippen LogP contribution is -2.16. The molecule has 2 aromatic heterocycles. The van der Waals surface area contributed by atoms with Gasteiger partial charge in [-0.25, -0.2) is 18.7 Å². The fourth-order valence-electron chi connectivity index (χ4n) is 2.42. The van der Waals surface area contributed by atoms with Crippen LogP contribution in [0.2, 0.25) is 0 Å². The van der Waals surface area contributed by atoms with E-state index in [0.29, 0.717) is 18.6 Å². The van der Waals surface area contributed by atoms with Crippen molar-refractivity contribution < 1.29 is 18.4 Å². The molecule has 7 nitrogen and oxygen atoms in total. The van der Waals surface area contributed by atoms with Gasteiger partial charge in [0.1, 0.15) is 34.8 Å². The molecule has 0 saturated carbocycles. The van der Waals surface area contributed by atoms with Crippen molar-refractivity contribution in [1.29, 1.82) is 5.26 Å². The van der Waals surface area contributed by atoms with E-state index in [1.165, 1.54) is 18.3 Å².